The molecule has 2 aromatic rings. The lowest BCUT2D eigenvalue weighted by atomic mass is 10.1. The van der Waals surface area contributed by atoms with Crippen molar-refractivity contribution in [1.29, 1.82) is 0 Å². The molecule has 1 N–H and O–H groups in total. The highest BCUT2D eigenvalue weighted by Gasteiger charge is 2.18. The Morgan fingerprint density at radius 1 is 1.41 bits per heavy atom. The van der Waals surface area contributed by atoms with Gasteiger partial charge in [0.2, 0.25) is 0 Å². The highest BCUT2D eigenvalue weighted by atomic mass is 79.9. The quantitative estimate of drug-likeness (QED) is 0.824. The van der Waals surface area contributed by atoms with Gasteiger partial charge in [0.25, 0.3) is 0 Å². The summed E-state index contributed by atoms with van der Waals surface area (Å²) in [4.78, 5) is 18.1. The lowest BCUT2D eigenvalue weighted by Crippen LogP contribution is -2.25. The van der Waals surface area contributed by atoms with Crippen LogP contribution in [0.4, 0.5) is 5.82 Å². The Morgan fingerprint density at radius 2 is 2.18 bits per heavy atom. The number of aromatic hydroxyl groups is 1. The first-order valence-electron chi connectivity index (χ1n) is 6.82. The summed E-state index contributed by atoms with van der Waals surface area (Å²) >= 11 is 3.39. The SMILES string of the molecule is CCN(Cc1cc(Br)ccc1O)c1ncccc1C(=O)OC. The van der Waals surface area contributed by atoms with E-state index in [2.05, 4.69) is 20.9 Å². The summed E-state index contributed by atoms with van der Waals surface area (Å²) in [7, 11) is 1.34. The Bertz CT molecular complexity index is 676. The molecule has 0 aliphatic carbocycles. The zero-order chi connectivity index (χ0) is 16.1. The second kappa shape index (κ2) is 7.26. The maximum atomic E-state index is 11.9. The average molecular weight is 365 g/mol. The molecule has 0 aliphatic heterocycles. The Morgan fingerprint density at radius 3 is 2.86 bits per heavy atom. The third-order valence-corrected chi connectivity index (χ3v) is 3.77. The van der Waals surface area contributed by atoms with Crippen LogP contribution in [-0.2, 0) is 11.3 Å². The standard InChI is InChI=1S/C16H17BrN2O3/c1-3-19(10-11-9-12(17)6-7-14(11)20)15-13(16(21)22-2)5-4-8-18-15/h4-9,20H,3,10H2,1-2H3. The molecule has 6 heteroatoms. The highest BCUT2D eigenvalue weighted by Crippen LogP contribution is 2.26. The molecule has 1 aromatic heterocycles. The number of hydrogen-bond donors (Lipinski definition) is 1. The molecular formula is C16H17BrN2O3. The molecule has 0 amide bonds. The predicted octanol–water partition coefficient (Wildman–Crippen LogP) is 3.36. The van der Waals surface area contributed by atoms with Crippen molar-refractivity contribution in [1.82, 2.24) is 4.98 Å². The normalized spacial score (nSPS) is 10.3. The summed E-state index contributed by atoms with van der Waals surface area (Å²) in [5.41, 5.74) is 1.15. The lowest BCUT2D eigenvalue weighted by Gasteiger charge is -2.24. The van der Waals surface area contributed by atoms with Crippen LogP contribution in [-0.4, -0.2) is 29.7 Å². The van der Waals surface area contributed by atoms with Crippen molar-refractivity contribution < 1.29 is 14.6 Å². The van der Waals surface area contributed by atoms with Gasteiger partial charge in [0.1, 0.15) is 17.1 Å². The zero-order valence-electron chi connectivity index (χ0n) is 12.4. The Labute approximate surface area is 137 Å². The van der Waals surface area contributed by atoms with Gasteiger partial charge >= 0.3 is 5.97 Å². The van der Waals surface area contributed by atoms with Crippen molar-refractivity contribution >= 4 is 27.7 Å². The number of anilines is 1. The van der Waals surface area contributed by atoms with Crippen molar-refractivity contribution in [3.05, 3.63) is 52.1 Å². The summed E-state index contributed by atoms with van der Waals surface area (Å²) in [6.45, 7) is 3.03. The molecule has 0 saturated heterocycles. The van der Waals surface area contributed by atoms with E-state index < -0.39 is 5.97 Å². The number of benzene rings is 1. The summed E-state index contributed by atoms with van der Waals surface area (Å²) < 4.78 is 5.68. The monoisotopic (exact) mass is 364 g/mol. The number of hydrogen-bond acceptors (Lipinski definition) is 5. The number of rotatable bonds is 5. The molecule has 0 spiro atoms. The average Bonchev–Trinajstić information content (AvgIpc) is 2.55. The molecule has 0 saturated carbocycles. The van der Waals surface area contributed by atoms with E-state index in [1.54, 1.807) is 30.5 Å². The number of phenolic OH excluding ortho intramolecular Hbond substituents is 1. The zero-order valence-corrected chi connectivity index (χ0v) is 14.0. The molecule has 0 unspecified atom stereocenters. The number of ether oxygens (including phenoxy) is 1. The molecule has 1 heterocycles. The van der Waals surface area contributed by atoms with Gasteiger partial charge < -0.3 is 14.7 Å². The van der Waals surface area contributed by atoms with Gasteiger partial charge in [-0.15, -0.1) is 0 Å². The van der Waals surface area contributed by atoms with Crippen LogP contribution in [0.1, 0.15) is 22.8 Å². The van der Waals surface area contributed by atoms with Crippen LogP contribution < -0.4 is 4.90 Å². The van der Waals surface area contributed by atoms with Crippen molar-refractivity contribution in [3.63, 3.8) is 0 Å². The number of pyridine rings is 1. The number of aromatic nitrogens is 1. The van der Waals surface area contributed by atoms with Crippen LogP contribution in [0.25, 0.3) is 0 Å². The number of methoxy groups -OCH3 is 1. The van der Waals surface area contributed by atoms with E-state index in [4.69, 9.17) is 4.74 Å². The predicted molar refractivity (Wildman–Crippen MR) is 88.1 cm³/mol. The molecule has 0 atom stereocenters. The van der Waals surface area contributed by atoms with Crippen LogP contribution in [0.15, 0.2) is 41.0 Å². The van der Waals surface area contributed by atoms with Gasteiger partial charge in [0, 0.05) is 29.3 Å². The number of carbonyl (C=O) groups is 1. The molecule has 0 radical (unpaired) electrons. The van der Waals surface area contributed by atoms with E-state index in [0.29, 0.717) is 24.5 Å². The molecule has 0 aliphatic rings. The van der Waals surface area contributed by atoms with E-state index in [0.717, 1.165) is 10.0 Å². The largest absolute Gasteiger partial charge is 0.508 e. The van der Waals surface area contributed by atoms with Crippen LogP contribution in [0.2, 0.25) is 0 Å². The molecule has 22 heavy (non-hydrogen) atoms. The Kier molecular flexibility index (Phi) is 5.38. The first-order valence-corrected chi connectivity index (χ1v) is 7.61. The van der Waals surface area contributed by atoms with Gasteiger partial charge in [-0.25, -0.2) is 9.78 Å². The molecule has 0 fully saturated rings. The highest BCUT2D eigenvalue weighted by molar-refractivity contribution is 9.10. The minimum atomic E-state index is -0.431. The van der Waals surface area contributed by atoms with Crippen LogP contribution in [0, 0.1) is 0 Å². The Hall–Kier alpha value is -2.08. The molecule has 1 aromatic carbocycles. The maximum absolute atomic E-state index is 11.9. The minimum absolute atomic E-state index is 0.206. The van der Waals surface area contributed by atoms with Gasteiger partial charge in [-0.05, 0) is 37.3 Å². The van der Waals surface area contributed by atoms with Gasteiger partial charge in [-0.2, -0.15) is 0 Å². The minimum Gasteiger partial charge on any atom is -0.508 e. The van der Waals surface area contributed by atoms with Crippen LogP contribution >= 0.6 is 15.9 Å². The number of halogens is 1. The van der Waals surface area contributed by atoms with E-state index in [9.17, 15) is 9.90 Å². The van der Waals surface area contributed by atoms with Crippen molar-refractivity contribution in [3.8, 4) is 5.75 Å². The van der Waals surface area contributed by atoms with E-state index in [1.807, 2.05) is 17.9 Å². The van der Waals surface area contributed by atoms with E-state index in [1.165, 1.54) is 7.11 Å². The van der Waals surface area contributed by atoms with Crippen LogP contribution in [0.3, 0.4) is 0 Å². The number of phenols is 1. The topological polar surface area (TPSA) is 62.7 Å². The summed E-state index contributed by atoms with van der Waals surface area (Å²) in [6.07, 6.45) is 1.63. The first-order chi connectivity index (χ1) is 10.6. The van der Waals surface area contributed by atoms with Crippen molar-refractivity contribution in [2.24, 2.45) is 0 Å². The second-order valence-electron chi connectivity index (χ2n) is 4.65. The smallest absolute Gasteiger partial charge is 0.341 e. The summed E-state index contributed by atoms with van der Waals surface area (Å²) in [6, 6.07) is 8.62. The van der Waals surface area contributed by atoms with Gasteiger partial charge in [-0.1, -0.05) is 15.9 Å². The van der Waals surface area contributed by atoms with E-state index in [-0.39, 0.29) is 5.75 Å². The third-order valence-electron chi connectivity index (χ3n) is 3.28. The maximum Gasteiger partial charge on any atom is 0.341 e. The summed E-state index contributed by atoms with van der Waals surface area (Å²) in [5, 5.41) is 9.99. The second-order valence-corrected chi connectivity index (χ2v) is 5.57. The fourth-order valence-electron chi connectivity index (χ4n) is 2.14. The molecule has 5 nitrogen and oxygen atoms in total. The third kappa shape index (κ3) is 3.57. The molecule has 2 rings (SSSR count). The molecular weight excluding hydrogens is 348 g/mol. The van der Waals surface area contributed by atoms with Crippen molar-refractivity contribution in [2.75, 3.05) is 18.6 Å². The van der Waals surface area contributed by atoms with Crippen LogP contribution in [0.5, 0.6) is 5.75 Å². The molecule has 116 valence electrons. The fraction of sp³-hybridized carbons (Fsp3) is 0.250. The summed E-state index contributed by atoms with van der Waals surface area (Å²) in [5.74, 6) is 0.313. The van der Waals surface area contributed by atoms with Gasteiger partial charge in [-0.3, -0.25) is 0 Å². The molecule has 0 bridgehead atoms. The van der Waals surface area contributed by atoms with Gasteiger partial charge in [0.05, 0.1) is 7.11 Å². The first kappa shape index (κ1) is 16.3. The number of nitrogens with zero attached hydrogens (tertiary/aromatic N) is 2. The lowest BCUT2D eigenvalue weighted by molar-refractivity contribution is 0.0601. The number of esters is 1. The fourth-order valence-corrected chi connectivity index (χ4v) is 2.55. The van der Waals surface area contributed by atoms with Crippen molar-refractivity contribution in [2.45, 2.75) is 13.5 Å². The Balaban J connectivity index is 2.37. The number of carbonyl (C=O) groups excluding carboxylic acids is 1. The van der Waals surface area contributed by atoms with Gasteiger partial charge in [0.15, 0.2) is 0 Å². The van der Waals surface area contributed by atoms with E-state index >= 15 is 0 Å².